The van der Waals surface area contributed by atoms with Crippen LogP contribution in [0.1, 0.15) is 106 Å². The Balaban J connectivity index is 0.000000146. The van der Waals surface area contributed by atoms with Gasteiger partial charge in [0.15, 0.2) is 58.7 Å². The Kier molecular flexibility index (Phi) is 24.2. The zero-order chi connectivity index (χ0) is 65.2. The molecule has 0 fully saturated rings. The highest BCUT2D eigenvalue weighted by molar-refractivity contribution is 7.98. The van der Waals surface area contributed by atoms with Crippen LogP contribution < -0.4 is 0 Å². The van der Waals surface area contributed by atoms with E-state index in [-0.39, 0.29) is 54.4 Å². The van der Waals surface area contributed by atoms with Gasteiger partial charge in [0.2, 0.25) is 0 Å². The lowest BCUT2D eigenvalue weighted by atomic mass is 9.87. The van der Waals surface area contributed by atoms with Gasteiger partial charge in [0.1, 0.15) is 0 Å². The molecule has 0 nitrogen and oxygen atoms in total. The smallest absolute Gasteiger partial charge is 0.0619 e. The van der Waals surface area contributed by atoms with E-state index < -0.39 is 0 Å². The van der Waals surface area contributed by atoms with Crippen LogP contribution in [0.15, 0.2) is 374 Å². The maximum atomic E-state index is 2.31. The molecule has 0 atom stereocenters. The minimum Gasteiger partial charge on any atom is -0.0619 e. The van der Waals surface area contributed by atoms with Crippen molar-refractivity contribution in [2.24, 2.45) is 0 Å². The lowest BCUT2D eigenvalue weighted by molar-refractivity contribution is 0.589. The Morgan fingerprint density at radius 1 is 0.196 bits per heavy atom. The Hall–Kier alpha value is -7.96. The predicted octanol–water partition coefficient (Wildman–Crippen LogP) is 24.4. The molecule has 12 aromatic rings. The average Bonchev–Trinajstić information content (AvgIpc) is 1.08. The Morgan fingerprint density at radius 2 is 0.348 bits per heavy atom. The molecule has 0 saturated carbocycles. The summed E-state index contributed by atoms with van der Waals surface area (Å²) in [6.07, 6.45) is 0. The van der Waals surface area contributed by atoms with Crippen molar-refractivity contribution in [3.8, 4) is 0 Å². The van der Waals surface area contributed by atoms with Crippen molar-refractivity contribution < 1.29 is 0 Å². The molecule has 0 saturated heterocycles. The number of hydrogen-bond acceptors (Lipinski definition) is 0. The van der Waals surface area contributed by atoms with Crippen LogP contribution in [-0.2, 0) is 54.4 Å². The van der Waals surface area contributed by atoms with Crippen LogP contribution in [0.3, 0.4) is 0 Å². The molecule has 0 aliphatic rings. The fourth-order valence-corrected chi connectivity index (χ4v) is 18.7. The van der Waals surface area contributed by atoms with Gasteiger partial charge in [0.25, 0.3) is 0 Å². The Morgan fingerprint density at radius 3 is 0.511 bits per heavy atom. The zero-order valence-electron chi connectivity index (χ0n) is 56.2. The van der Waals surface area contributed by atoms with Crippen molar-refractivity contribution >= 4 is 43.6 Å². The van der Waals surface area contributed by atoms with Crippen LogP contribution in [0.2, 0.25) is 0 Å². The summed E-state index contributed by atoms with van der Waals surface area (Å²) in [5.74, 6) is 0.573. The molecular weight excluding hydrogens is 1190 g/mol. The summed E-state index contributed by atoms with van der Waals surface area (Å²) in [7, 11) is -0.191. The SMILES string of the molecule is CC(C)(C)c1ccc([S+](c2ccccc2)c2ccc(C(C)(C)C)cc2)cc1.CC(C)c1ccc([S+](c2ccccc2)c2ccccc2)cc1.Cc1ccc([S+](c2ccc(C)cc2)c2ccc(C)cc2)cc1.Cc1ccc([S+](c2ccccc2)c2ccc(C)cc2)cc1. The summed E-state index contributed by atoms with van der Waals surface area (Å²) >= 11 is 0. The minimum absolute atomic E-state index is 0.0312. The first-order valence-electron chi connectivity index (χ1n) is 32.1. The van der Waals surface area contributed by atoms with E-state index in [1.807, 2.05) is 0 Å². The summed E-state index contributed by atoms with van der Waals surface area (Å²) in [4.78, 5) is 16.4. The van der Waals surface area contributed by atoms with Crippen molar-refractivity contribution in [3.63, 3.8) is 0 Å². The second-order valence-corrected chi connectivity index (χ2v) is 33.9. The summed E-state index contributed by atoms with van der Waals surface area (Å²) in [6, 6.07) is 115. The number of benzene rings is 12. The van der Waals surface area contributed by atoms with Gasteiger partial charge in [-0.2, -0.15) is 0 Å². The highest BCUT2D eigenvalue weighted by atomic mass is 32.2. The molecule has 0 spiro atoms. The molecule has 0 unspecified atom stereocenters. The van der Waals surface area contributed by atoms with Crippen molar-refractivity contribution in [1.82, 2.24) is 0 Å². The molecule has 0 heterocycles. The van der Waals surface area contributed by atoms with E-state index in [4.69, 9.17) is 0 Å². The van der Waals surface area contributed by atoms with E-state index in [9.17, 15) is 0 Å². The first kappa shape index (κ1) is 68.4. The van der Waals surface area contributed by atoms with E-state index in [0.717, 1.165) is 0 Å². The summed E-state index contributed by atoms with van der Waals surface area (Å²) < 4.78 is 0. The van der Waals surface area contributed by atoms with Gasteiger partial charge >= 0.3 is 0 Å². The molecule has 0 aromatic heterocycles. The summed E-state index contributed by atoms with van der Waals surface area (Å²) in [5, 5.41) is 0. The normalized spacial score (nSPS) is 11.4. The molecule has 92 heavy (non-hydrogen) atoms. The maximum absolute atomic E-state index is 2.31. The van der Waals surface area contributed by atoms with Crippen molar-refractivity contribution in [3.05, 3.63) is 360 Å². The second-order valence-electron chi connectivity index (χ2n) is 25.8. The standard InChI is InChI=1S/C26H31S.2C21H21S.C20H19S/c1-25(2,3)20-12-16-23(17-13-20)27(22-10-8-7-9-11-22)24-18-14-21(15-19-24)26(4,5)6;1-16-4-10-19(11-5-16)22(20-12-6-17(2)7-13-20)21-14-8-18(3)9-15-21;1-17(2)18-13-15-21(16-14-18)22(19-9-5-3-6-10-19)20-11-7-4-8-12-20;1-16-8-12-19(13-9-16)21(18-6-4-3-5-7-18)20-14-10-17(2)11-15-20/h7-19H,1-6H3;4-15H,1-3H3;3-17H,1-2H3;3-15H,1-2H3/q4*+1. The molecule has 0 aliphatic heterocycles. The van der Waals surface area contributed by atoms with Crippen LogP contribution in [0.25, 0.3) is 0 Å². The molecule has 0 N–H and O–H groups in total. The average molecular weight is 1280 g/mol. The van der Waals surface area contributed by atoms with Crippen LogP contribution in [0.5, 0.6) is 0 Å². The predicted molar refractivity (Wildman–Crippen MR) is 401 cm³/mol. The number of aryl methyl sites for hydroxylation is 5. The monoisotopic (exact) mass is 1280 g/mol. The lowest BCUT2D eigenvalue weighted by Crippen LogP contribution is -2.12. The van der Waals surface area contributed by atoms with Crippen LogP contribution in [-0.4, -0.2) is 0 Å². The van der Waals surface area contributed by atoms with E-state index in [0.29, 0.717) is 5.92 Å². The van der Waals surface area contributed by atoms with Gasteiger partial charge < -0.3 is 0 Å². The highest BCUT2D eigenvalue weighted by Crippen LogP contribution is 2.37. The van der Waals surface area contributed by atoms with Gasteiger partial charge in [0.05, 0.1) is 43.6 Å². The molecule has 12 rings (SSSR count). The van der Waals surface area contributed by atoms with Crippen LogP contribution in [0.4, 0.5) is 0 Å². The second kappa shape index (κ2) is 32.5. The maximum Gasteiger partial charge on any atom is 0.166 e. The fraction of sp³-hybridized carbons (Fsp3) is 0.182. The topological polar surface area (TPSA) is 0 Å². The molecule has 4 heteroatoms. The van der Waals surface area contributed by atoms with Crippen LogP contribution in [0, 0.1) is 34.6 Å². The molecule has 464 valence electrons. The first-order chi connectivity index (χ1) is 44.3. The summed E-state index contributed by atoms with van der Waals surface area (Å²) in [5.41, 5.74) is 11.0. The fourth-order valence-electron chi connectivity index (χ4n) is 10.4. The number of rotatable bonds is 13. The van der Waals surface area contributed by atoms with Crippen molar-refractivity contribution in [1.29, 1.82) is 0 Å². The van der Waals surface area contributed by atoms with Crippen molar-refractivity contribution in [2.75, 3.05) is 0 Å². The van der Waals surface area contributed by atoms with Gasteiger partial charge in [-0.1, -0.05) is 253 Å². The quantitative estimate of drug-likeness (QED) is 0.101. The Labute approximate surface area is 564 Å². The van der Waals surface area contributed by atoms with E-state index >= 15 is 0 Å². The third kappa shape index (κ3) is 19.1. The first-order valence-corrected chi connectivity index (χ1v) is 37.0. The largest absolute Gasteiger partial charge is 0.166 e. The van der Waals surface area contributed by atoms with Crippen LogP contribution >= 0.6 is 0 Å². The minimum atomic E-state index is -0.0847. The number of hydrogen-bond donors (Lipinski definition) is 0. The third-order valence-corrected chi connectivity index (χ3v) is 24.8. The highest BCUT2D eigenvalue weighted by Gasteiger charge is 2.33. The summed E-state index contributed by atoms with van der Waals surface area (Å²) in [6.45, 7) is 28.8. The zero-order valence-corrected chi connectivity index (χ0v) is 59.5. The third-order valence-electron chi connectivity index (χ3n) is 15.9. The van der Waals surface area contributed by atoms with Gasteiger partial charge in [-0.25, -0.2) is 0 Å². The van der Waals surface area contributed by atoms with Gasteiger partial charge in [-0.05, 0) is 214 Å². The molecule has 0 bridgehead atoms. The van der Waals surface area contributed by atoms with E-state index in [1.54, 1.807) is 0 Å². The molecule has 12 aromatic carbocycles. The molecule has 0 radical (unpaired) electrons. The molecule has 0 aliphatic carbocycles. The Bertz CT molecular complexity index is 3850. The van der Waals surface area contributed by atoms with E-state index in [1.165, 1.54) is 103 Å². The van der Waals surface area contributed by atoms with Crippen molar-refractivity contribution in [2.45, 2.75) is 166 Å². The molecule has 0 amide bonds. The lowest BCUT2D eigenvalue weighted by Gasteiger charge is -2.20. The van der Waals surface area contributed by atoms with Gasteiger partial charge in [0, 0.05) is 0 Å². The van der Waals surface area contributed by atoms with E-state index in [2.05, 4.69) is 405 Å². The van der Waals surface area contributed by atoms with Gasteiger partial charge in [-0.15, -0.1) is 0 Å². The van der Waals surface area contributed by atoms with Gasteiger partial charge in [-0.3, -0.25) is 0 Å². The molecular formula is C88H92S4+4.